The highest BCUT2D eigenvalue weighted by Gasteiger charge is 2.36. The molecule has 0 heterocycles. The first-order valence-corrected chi connectivity index (χ1v) is 9.10. The first-order valence-electron chi connectivity index (χ1n) is 9.10. The second-order valence-electron chi connectivity index (χ2n) is 7.87. The SMILES string of the molecule is CCC(CC(C)(C)C(=O)OC(C)(C)c1ccccc1)c1ccccc1. The van der Waals surface area contributed by atoms with E-state index >= 15 is 0 Å². The molecule has 0 N–H and O–H groups in total. The van der Waals surface area contributed by atoms with Crippen molar-refractivity contribution in [2.24, 2.45) is 5.41 Å². The molecule has 0 aliphatic rings. The van der Waals surface area contributed by atoms with Gasteiger partial charge < -0.3 is 4.74 Å². The van der Waals surface area contributed by atoms with Gasteiger partial charge in [0.25, 0.3) is 0 Å². The zero-order chi connectivity index (χ0) is 18.5. The number of rotatable bonds is 7. The molecule has 0 aromatic heterocycles. The quantitative estimate of drug-likeness (QED) is 0.572. The van der Waals surface area contributed by atoms with E-state index in [1.165, 1.54) is 5.56 Å². The van der Waals surface area contributed by atoms with Gasteiger partial charge in [-0.15, -0.1) is 0 Å². The van der Waals surface area contributed by atoms with Gasteiger partial charge in [0.05, 0.1) is 5.41 Å². The Bertz CT molecular complexity index is 672. The molecule has 134 valence electrons. The molecule has 2 heteroatoms. The minimum atomic E-state index is -0.635. The van der Waals surface area contributed by atoms with E-state index in [0.717, 1.165) is 18.4 Å². The first-order chi connectivity index (χ1) is 11.8. The average molecular weight is 338 g/mol. The molecule has 0 saturated heterocycles. The summed E-state index contributed by atoms with van der Waals surface area (Å²) in [6, 6.07) is 20.3. The number of benzene rings is 2. The van der Waals surface area contributed by atoms with Crippen molar-refractivity contribution in [1.29, 1.82) is 0 Å². The van der Waals surface area contributed by atoms with Crippen molar-refractivity contribution in [3.05, 3.63) is 71.8 Å². The van der Waals surface area contributed by atoms with Gasteiger partial charge in [0.1, 0.15) is 5.60 Å². The highest BCUT2D eigenvalue weighted by Crippen LogP contribution is 2.37. The van der Waals surface area contributed by atoms with Crippen molar-refractivity contribution < 1.29 is 9.53 Å². The van der Waals surface area contributed by atoms with Gasteiger partial charge in [-0.05, 0) is 57.6 Å². The summed E-state index contributed by atoms with van der Waals surface area (Å²) < 4.78 is 5.93. The van der Waals surface area contributed by atoms with Crippen molar-refractivity contribution in [3.8, 4) is 0 Å². The first kappa shape index (κ1) is 19.2. The third-order valence-corrected chi connectivity index (χ3v) is 4.89. The number of carbonyl (C=O) groups excluding carboxylic acids is 1. The molecule has 0 aliphatic carbocycles. The van der Waals surface area contributed by atoms with Gasteiger partial charge in [0.15, 0.2) is 0 Å². The highest BCUT2D eigenvalue weighted by molar-refractivity contribution is 5.76. The maximum Gasteiger partial charge on any atom is 0.312 e. The molecule has 0 fully saturated rings. The smallest absolute Gasteiger partial charge is 0.312 e. The fraction of sp³-hybridized carbons (Fsp3) is 0.435. The number of ether oxygens (including phenoxy) is 1. The summed E-state index contributed by atoms with van der Waals surface area (Å²) in [5, 5.41) is 0. The van der Waals surface area contributed by atoms with Crippen LogP contribution in [0.5, 0.6) is 0 Å². The molecule has 0 amide bonds. The van der Waals surface area contributed by atoms with Crippen molar-refractivity contribution in [3.63, 3.8) is 0 Å². The van der Waals surface area contributed by atoms with Gasteiger partial charge >= 0.3 is 5.97 Å². The topological polar surface area (TPSA) is 26.3 Å². The molecule has 2 rings (SSSR count). The van der Waals surface area contributed by atoms with E-state index in [0.29, 0.717) is 5.92 Å². The number of carbonyl (C=O) groups is 1. The molecule has 0 aliphatic heterocycles. The molecule has 0 saturated carbocycles. The summed E-state index contributed by atoms with van der Waals surface area (Å²) in [4.78, 5) is 12.9. The fourth-order valence-electron chi connectivity index (χ4n) is 3.19. The minimum absolute atomic E-state index is 0.143. The van der Waals surface area contributed by atoms with Gasteiger partial charge in [-0.3, -0.25) is 4.79 Å². The standard InChI is InChI=1S/C23H30O2/c1-6-18(19-13-9-7-10-14-19)17-22(2,3)21(24)25-23(4,5)20-15-11-8-12-16-20/h7-16,18H,6,17H2,1-5H3. The maximum atomic E-state index is 12.9. The molecule has 0 bridgehead atoms. The molecular weight excluding hydrogens is 308 g/mol. The molecule has 1 atom stereocenters. The van der Waals surface area contributed by atoms with Crippen molar-refractivity contribution in [1.82, 2.24) is 0 Å². The summed E-state index contributed by atoms with van der Waals surface area (Å²) in [6.45, 7) is 10.0. The van der Waals surface area contributed by atoms with E-state index in [9.17, 15) is 4.79 Å². The Labute approximate surface area is 152 Å². The van der Waals surface area contributed by atoms with Crippen LogP contribution in [0.2, 0.25) is 0 Å². The zero-order valence-corrected chi connectivity index (χ0v) is 16.1. The van der Waals surface area contributed by atoms with Crippen molar-refractivity contribution >= 4 is 5.97 Å². The minimum Gasteiger partial charge on any atom is -0.454 e. The van der Waals surface area contributed by atoms with E-state index in [4.69, 9.17) is 4.74 Å². The Morgan fingerprint density at radius 3 is 1.96 bits per heavy atom. The third kappa shape index (κ3) is 4.94. The Morgan fingerprint density at radius 2 is 1.44 bits per heavy atom. The molecule has 0 radical (unpaired) electrons. The maximum absolute atomic E-state index is 12.9. The van der Waals surface area contributed by atoms with Crippen LogP contribution in [0.3, 0.4) is 0 Å². The molecule has 2 aromatic rings. The molecule has 25 heavy (non-hydrogen) atoms. The van der Waals surface area contributed by atoms with E-state index in [-0.39, 0.29) is 5.97 Å². The van der Waals surface area contributed by atoms with Crippen LogP contribution in [0, 0.1) is 5.41 Å². The van der Waals surface area contributed by atoms with Gasteiger partial charge in [0.2, 0.25) is 0 Å². The van der Waals surface area contributed by atoms with Crippen LogP contribution in [0.25, 0.3) is 0 Å². The van der Waals surface area contributed by atoms with Gasteiger partial charge in [-0.2, -0.15) is 0 Å². The summed E-state index contributed by atoms with van der Waals surface area (Å²) in [5.41, 5.74) is 1.12. The Morgan fingerprint density at radius 1 is 0.920 bits per heavy atom. The number of hydrogen-bond acceptors (Lipinski definition) is 2. The van der Waals surface area contributed by atoms with Crippen LogP contribution < -0.4 is 0 Å². The highest BCUT2D eigenvalue weighted by atomic mass is 16.6. The lowest BCUT2D eigenvalue weighted by Crippen LogP contribution is -2.35. The fourth-order valence-corrected chi connectivity index (χ4v) is 3.19. The molecule has 0 spiro atoms. The van der Waals surface area contributed by atoms with E-state index < -0.39 is 11.0 Å². The lowest BCUT2D eigenvalue weighted by atomic mass is 9.78. The second kappa shape index (κ2) is 7.86. The summed E-state index contributed by atoms with van der Waals surface area (Å²) in [5.74, 6) is 0.208. The van der Waals surface area contributed by atoms with Crippen LogP contribution in [0.4, 0.5) is 0 Å². The lowest BCUT2D eigenvalue weighted by molar-refractivity contribution is -0.169. The van der Waals surface area contributed by atoms with Crippen LogP contribution in [0.15, 0.2) is 60.7 Å². The van der Waals surface area contributed by atoms with Crippen molar-refractivity contribution in [2.45, 2.75) is 59.0 Å². The monoisotopic (exact) mass is 338 g/mol. The zero-order valence-electron chi connectivity index (χ0n) is 16.1. The van der Waals surface area contributed by atoms with E-state index in [1.807, 2.05) is 64.1 Å². The molecular formula is C23H30O2. The summed E-state index contributed by atoms with van der Waals surface area (Å²) in [7, 11) is 0. The predicted octanol–water partition coefficient (Wildman–Crippen LogP) is 6.08. The van der Waals surface area contributed by atoms with Gasteiger partial charge in [0, 0.05) is 0 Å². The third-order valence-electron chi connectivity index (χ3n) is 4.89. The van der Waals surface area contributed by atoms with Crippen LogP contribution in [-0.2, 0) is 15.1 Å². The van der Waals surface area contributed by atoms with E-state index in [2.05, 4.69) is 31.2 Å². The Hall–Kier alpha value is -2.09. The number of hydrogen-bond donors (Lipinski definition) is 0. The molecule has 2 aromatic carbocycles. The number of esters is 1. The largest absolute Gasteiger partial charge is 0.454 e. The molecule has 1 unspecified atom stereocenters. The van der Waals surface area contributed by atoms with Crippen LogP contribution in [0.1, 0.15) is 64.5 Å². The predicted molar refractivity (Wildman–Crippen MR) is 103 cm³/mol. The normalized spacial score (nSPS) is 13.3. The lowest BCUT2D eigenvalue weighted by Gasteiger charge is -2.33. The van der Waals surface area contributed by atoms with Crippen LogP contribution >= 0.6 is 0 Å². The Balaban J connectivity index is 2.11. The van der Waals surface area contributed by atoms with E-state index in [1.54, 1.807) is 0 Å². The molecule has 2 nitrogen and oxygen atoms in total. The summed E-state index contributed by atoms with van der Waals surface area (Å²) >= 11 is 0. The summed E-state index contributed by atoms with van der Waals surface area (Å²) in [6.07, 6.45) is 1.78. The average Bonchev–Trinajstić information content (AvgIpc) is 2.61. The van der Waals surface area contributed by atoms with Gasteiger partial charge in [-0.1, -0.05) is 67.6 Å². The second-order valence-corrected chi connectivity index (χ2v) is 7.87. The van der Waals surface area contributed by atoms with Crippen molar-refractivity contribution in [2.75, 3.05) is 0 Å². The van der Waals surface area contributed by atoms with Crippen LogP contribution in [-0.4, -0.2) is 5.97 Å². The van der Waals surface area contributed by atoms with Gasteiger partial charge in [-0.25, -0.2) is 0 Å². The Kier molecular flexibility index (Phi) is 6.05.